The Bertz CT molecular complexity index is 374. The molecule has 0 atom stereocenters. The van der Waals surface area contributed by atoms with E-state index in [0.717, 1.165) is 10.8 Å². The number of fused-ring (bicyclic) bond motifs is 1. The van der Waals surface area contributed by atoms with Gasteiger partial charge >= 0.3 is 0 Å². The Kier molecular flexibility index (Phi) is 1.43. The second-order valence-corrected chi connectivity index (χ2v) is 2.57. The van der Waals surface area contributed by atoms with Gasteiger partial charge in [-0.1, -0.05) is 41.8 Å². The molecule has 0 heterocycles. The quantitative estimate of drug-likeness (QED) is 0.485. The lowest BCUT2D eigenvalue weighted by Gasteiger charge is -2.10. The molecular formula is C10H7B-. The number of hydrogen-bond donors (Lipinski definition) is 0. The molecule has 0 unspecified atom stereocenters. The molecule has 0 amide bonds. The predicted molar refractivity (Wildman–Crippen MR) is 49.3 cm³/mol. The second kappa shape index (κ2) is 2.42. The van der Waals surface area contributed by atoms with Crippen molar-refractivity contribution in [2.24, 2.45) is 0 Å². The van der Waals surface area contributed by atoms with E-state index in [1.54, 1.807) is 0 Å². The highest BCUT2D eigenvalue weighted by Gasteiger charge is 1.85. The van der Waals surface area contributed by atoms with Crippen LogP contribution in [0.4, 0.5) is 0 Å². The Morgan fingerprint density at radius 2 is 1.55 bits per heavy atom. The lowest BCUT2D eigenvalue weighted by Crippen LogP contribution is -2.01. The summed E-state index contributed by atoms with van der Waals surface area (Å²) in [4.78, 5) is 0. The van der Waals surface area contributed by atoms with Crippen LogP contribution in [0.25, 0.3) is 10.8 Å². The Labute approximate surface area is 67.3 Å². The minimum Gasteiger partial charge on any atom is -0.580 e. The lowest BCUT2D eigenvalue weighted by molar-refractivity contribution is 1.78. The minimum atomic E-state index is 0.850. The number of rotatable bonds is 0. The van der Waals surface area contributed by atoms with E-state index >= 15 is 0 Å². The monoisotopic (exact) mass is 138 g/mol. The van der Waals surface area contributed by atoms with Crippen LogP contribution in [0.2, 0.25) is 0 Å². The van der Waals surface area contributed by atoms with Crippen LogP contribution in [-0.2, 0) is 0 Å². The largest absolute Gasteiger partial charge is 0.580 e. The average molecular weight is 138 g/mol. The van der Waals surface area contributed by atoms with Crippen LogP contribution in [0.15, 0.2) is 42.5 Å². The first kappa shape index (κ1) is 6.47. The van der Waals surface area contributed by atoms with E-state index in [1.807, 2.05) is 30.3 Å². The van der Waals surface area contributed by atoms with Gasteiger partial charge in [-0.25, -0.2) is 0 Å². The summed E-state index contributed by atoms with van der Waals surface area (Å²) in [5, 5.41) is 2.34. The Hall–Kier alpha value is -1.24. The predicted octanol–water partition coefficient (Wildman–Crippen LogP) is 1.63. The van der Waals surface area contributed by atoms with Crippen molar-refractivity contribution >= 4 is 24.1 Å². The minimum absolute atomic E-state index is 0.850. The third-order valence-electron chi connectivity index (χ3n) is 1.82. The van der Waals surface area contributed by atoms with Crippen molar-refractivity contribution in [3.8, 4) is 0 Å². The summed E-state index contributed by atoms with van der Waals surface area (Å²) in [7, 11) is 5.76. The van der Waals surface area contributed by atoms with Gasteiger partial charge in [-0.2, -0.15) is 0 Å². The van der Waals surface area contributed by atoms with Crippen LogP contribution in [0.5, 0.6) is 0 Å². The zero-order valence-electron chi connectivity index (χ0n) is 6.12. The van der Waals surface area contributed by atoms with Gasteiger partial charge in [0.25, 0.3) is 0 Å². The highest BCUT2D eigenvalue weighted by Crippen LogP contribution is 2.08. The zero-order valence-corrected chi connectivity index (χ0v) is 6.12. The van der Waals surface area contributed by atoms with Gasteiger partial charge in [-0.05, 0) is 5.39 Å². The van der Waals surface area contributed by atoms with E-state index in [4.69, 9.17) is 7.85 Å². The molecule has 0 N–H and O–H groups in total. The molecule has 0 spiro atoms. The highest BCUT2D eigenvalue weighted by molar-refractivity contribution is 6.38. The maximum absolute atomic E-state index is 5.76. The molecule has 0 nitrogen and oxygen atoms in total. The fourth-order valence-corrected chi connectivity index (χ4v) is 1.25. The zero-order chi connectivity index (χ0) is 7.68. The van der Waals surface area contributed by atoms with Crippen molar-refractivity contribution < 1.29 is 0 Å². The van der Waals surface area contributed by atoms with Crippen molar-refractivity contribution in [2.45, 2.75) is 0 Å². The first-order valence-electron chi connectivity index (χ1n) is 3.61. The average Bonchev–Trinajstić information content (AvgIpc) is 2.06. The molecule has 0 saturated heterocycles. The summed E-state index contributed by atoms with van der Waals surface area (Å²) in [5.41, 5.74) is 0.850. The fourth-order valence-electron chi connectivity index (χ4n) is 1.25. The summed E-state index contributed by atoms with van der Waals surface area (Å²) < 4.78 is 0. The molecule has 0 aliphatic rings. The van der Waals surface area contributed by atoms with E-state index < -0.39 is 0 Å². The maximum atomic E-state index is 5.76. The third kappa shape index (κ3) is 1.03. The summed E-state index contributed by atoms with van der Waals surface area (Å²) in [6, 6.07) is 14.1. The molecule has 2 aromatic carbocycles. The summed E-state index contributed by atoms with van der Waals surface area (Å²) in [6.45, 7) is 0. The van der Waals surface area contributed by atoms with Crippen molar-refractivity contribution in [1.29, 1.82) is 0 Å². The van der Waals surface area contributed by atoms with Gasteiger partial charge in [0.2, 0.25) is 0 Å². The van der Waals surface area contributed by atoms with Crippen molar-refractivity contribution in [1.82, 2.24) is 0 Å². The van der Waals surface area contributed by atoms with Crippen LogP contribution in [0.3, 0.4) is 0 Å². The topological polar surface area (TPSA) is 0 Å². The van der Waals surface area contributed by atoms with Gasteiger partial charge in [0, 0.05) is 0 Å². The molecule has 2 aromatic rings. The van der Waals surface area contributed by atoms with Crippen LogP contribution in [0, 0.1) is 0 Å². The second-order valence-electron chi connectivity index (χ2n) is 2.57. The molecule has 11 heavy (non-hydrogen) atoms. The first-order chi connectivity index (χ1) is 5.38. The van der Waals surface area contributed by atoms with Crippen LogP contribution in [-0.4, -0.2) is 7.85 Å². The van der Waals surface area contributed by atoms with Gasteiger partial charge in [-0.15, -0.1) is 6.07 Å². The van der Waals surface area contributed by atoms with Gasteiger partial charge in [0.15, 0.2) is 0 Å². The SMILES string of the molecule is [B-]c1cccc2ccccc12. The first-order valence-corrected chi connectivity index (χ1v) is 3.61. The highest BCUT2D eigenvalue weighted by atomic mass is 13.9. The lowest BCUT2D eigenvalue weighted by atomic mass is 9.90. The van der Waals surface area contributed by atoms with Crippen molar-refractivity contribution in [3.63, 3.8) is 0 Å². The number of hydrogen-bond acceptors (Lipinski definition) is 0. The van der Waals surface area contributed by atoms with Crippen LogP contribution in [0.1, 0.15) is 0 Å². The van der Waals surface area contributed by atoms with Crippen molar-refractivity contribution in [3.05, 3.63) is 42.5 Å². The van der Waals surface area contributed by atoms with Gasteiger partial charge in [0.1, 0.15) is 0 Å². The molecule has 3 radical (unpaired) electrons. The molecule has 0 aliphatic heterocycles. The molecule has 2 rings (SSSR count). The molecule has 0 bridgehead atoms. The van der Waals surface area contributed by atoms with Gasteiger partial charge in [0.05, 0.1) is 0 Å². The van der Waals surface area contributed by atoms with E-state index in [1.165, 1.54) is 5.39 Å². The molecule has 51 valence electrons. The normalized spacial score (nSPS) is 10.3. The maximum Gasteiger partial charge on any atom is -0.0219 e. The Morgan fingerprint density at radius 3 is 2.36 bits per heavy atom. The fraction of sp³-hybridized carbons (Fsp3) is 0. The van der Waals surface area contributed by atoms with Crippen LogP contribution >= 0.6 is 0 Å². The smallest absolute Gasteiger partial charge is 0.0219 e. The van der Waals surface area contributed by atoms with Gasteiger partial charge in [-0.3, -0.25) is 0 Å². The molecule has 0 aromatic heterocycles. The Morgan fingerprint density at radius 1 is 0.818 bits per heavy atom. The van der Waals surface area contributed by atoms with E-state index in [2.05, 4.69) is 12.1 Å². The van der Waals surface area contributed by atoms with E-state index in [0.29, 0.717) is 0 Å². The third-order valence-corrected chi connectivity index (χ3v) is 1.82. The summed E-state index contributed by atoms with van der Waals surface area (Å²) in [6.07, 6.45) is 0. The molecule has 1 heteroatoms. The van der Waals surface area contributed by atoms with Crippen molar-refractivity contribution in [2.75, 3.05) is 0 Å². The van der Waals surface area contributed by atoms with Gasteiger partial charge < -0.3 is 13.3 Å². The Balaban J connectivity index is 2.91. The molecule has 0 aliphatic carbocycles. The van der Waals surface area contributed by atoms with E-state index in [-0.39, 0.29) is 0 Å². The standard InChI is InChI=1S/C10H7B/c11-10-7-3-5-8-4-1-2-6-9(8)10/h1-7H/q-1. The summed E-state index contributed by atoms with van der Waals surface area (Å²) in [5.74, 6) is 0. The van der Waals surface area contributed by atoms with E-state index in [9.17, 15) is 0 Å². The molecule has 0 saturated carbocycles. The van der Waals surface area contributed by atoms with Crippen LogP contribution < -0.4 is 5.46 Å². The summed E-state index contributed by atoms with van der Waals surface area (Å²) >= 11 is 0. The molecular weight excluding hydrogens is 131 g/mol. The molecule has 0 fully saturated rings. The number of benzene rings is 2.